The van der Waals surface area contributed by atoms with Crippen LogP contribution in [0.15, 0.2) is 11.1 Å². The number of fused-ring (bicyclic) bond motifs is 1. The van der Waals surface area contributed by atoms with E-state index in [2.05, 4.69) is 9.72 Å². The molecule has 1 aliphatic rings. The number of nitrogens with zero attached hydrogens (tertiary/aromatic N) is 2. The van der Waals surface area contributed by atoms with Gasteiger partial charge >= 0.3 is 11.9 Å². The highest BCUT2D eigenvalue weighted by molar-refractivity contribution is 7.20. The van der Waals surface area contributed by atoms with E-state index in [0.29, 0.717) is 20.7 Å². The van der Waals surface area contributed by atoms with Crippen molar-refractivity contribution in [3.8, 4) is 0 Å². The first kappa shape index (κ1) is 17.6. The Morgan fingerprint density at radius 3 is 2.72 bits per heavy atom. The number of ether oxygens (including phenoxy) is 2. The van der Waals surface area contributed by atoms with Crippen LogP contribution < -0.4 is 5.56 Å². The Bertz CT molecular complexity index is 864. The first-order chi connectivity index (χ1) is 12.0. The molecule has 2 aromatic rings. The molecule has 0 unspecified atom stereocenters. The average molecular weight is 364 g/mol. The van der Waals surface area contributed by atoms with Crippen LogP contribution in [0.3, 0.4) is 0 Å². The molecule has 8 heteroatoms. The highest BCUT2D eigenvalue weighted by atomic mass is 32.1. The third kappa shape index (κ3) is 3.58. The summed E-state index contributed by atoms with van der Waals surface area (Å²) in [5, 5.41) is 0.354. The molecule has 0 amide bonds. The van der Waals surface area contributed by atoms with Gasteiger partial charge in [0, 0.05) is 0 Å². The Kier molecular flexibility index (Phi) is 5.17. The SMILES string of the molecule is COC(=O)Cn1cnc2sc(C(=O)OC3CCCCC3)c(C)c2c1=O. The van der Waals surface area contributed by atoms with E-state index in [9.17, 15) is 14.4 Å². The second-order valence-electron chi connectivity index (χ2n) is 6.16. The third-order valence-electron chi connectivity index (χ3n) is 4.46. The topological polar surface area (TPSA) is 87.5 Å². The van der Waals surface area contributed by atoms with E-state index in [1.807, 2.05) is 0 Å². The number of rotatable bonds is 4. The predicted molar refractivity (Wildman–Crippen MR) is 92.9 cm³/mol. The van der Waals surface area contributed by atoms with Gasteiger partial charge in [-0.25, -0.2) is 9.78 Å². The molecule has 0 atom stereocenters. The average Bonchev–Trinajstić information content (AvgIpc) is 2.95. The van der Waals surface area contributed by atoms with E-state index in [1.54, 1.807) is 6.92 Å². The second-order valence-corrected chi connectivity index (χ2v) is 7.15. The van der Waals surface area contributed by atoms with Gasteiger partial charge in [0.1, 0.15) is 22.4 Å². The summed E-state index contributed by atoms with van der Waals surface area (Å²) in [6, 6.07) is 0. The van der Waals surface area contributed by atoms with Crippen molar-refractivity contribution in [3.05, 3.63) is 27.1 Å². The molecule has 7 nitrogen and oxygen atoms in total. The van der Waals surface area contributed by atoms with E-state index in [0.717, 1.165) is 37.0 Å². The van der Waals surface area contributed by atoms with Crippen LogP contribution >= 0.6 is 11.3 Å². The Labute approximate surface area is 148 Å². The zero-order chi connectivity index (χ0) is 18.0. The number of aryl methyl sites for hydroxylation is 1. The number of esters is 2. The highest BCUT2D eigenvalue weighted by Gasteiger charge is 2.24. The summed E-state index contributed by atoms with van der Waals surface area (Å²) in [7, 11) is 1.26. The van der Waals surface area contributed by atoms with E-state index >= 15 is 0 Å². The summed E-state index contributed by atoms with van der Waals surface area (Å²) >= 11 is 1.15. The minimum absolute atomic E-state index is 0.0465. The van der Waals surface area contributed by atoms with Crippen LogP contribution in [0.25, 0.3) is 10.2 Å². The normalized spacial score (nSPS) is 15.3. The first-order valence-corrected chi connectivity index (χ1v) is 9.09. The number of carbonyl (C=O) groups is 2. The molecule has 1 saturated carbocycles. The van der Waals surface area contributed by atoms with E-state index in [4.69, 9.17) is 4.74 Å². The molecule has 2 heterocycles. The molecule has 0 bridgehead atoms. The van der Waals surface area contributed by atoms with Gasteiger partial charge in [0.05, 0.1) is 18.8 Å². The van der Waals surface area contributed by atoms with Crippen molar-refractivity contribution in [1.29, 1.82) is 0 Å². The summed E-state index contributed by atoms with van der Waals surface area (Å²) < 4.78 is 11.4. The Balaban J connectivity index is 1.91. The van der Waals surface area contributed by atoms with Crippen LogP contribution in [0.1, 0.15) is 47.3 Å². The minimum Gasteiger partial charge on any atom is -0.468 e. The zero-order valence-corrected chi connectivity index (χ0v) is 15.1. The molecule has 0 aromatic carbocycles. The fraction of sp³-hybridized carbons (Fsp3) is 0.529. The predicted octanol–water partition coefficient (Wildman–Crippen LogP) is 2.43. The number of thiophene rings is 1. The molecule has 0 saturated heterocycles. The monoisotopic (exact) mass is 364 g/mol. The lowest BCUT2D eigenvalue weighted by atomic mass is 9.98. The maximum atomic E-state index is 12.6. The van der Waals surface area contributed by atoms with Gasteiger partial charge in [-0.05, 0) is 38.2 Å². The molecule has 1 fully saturated rings. The smallest absolute Gasteiger partial charge is 0.348 e. The molecule has 134 valence electrons. The number of aromatic nitrogens is 2. The number of methoxy groups -OCH3 is 1. The van der Waals surface area contributed by atoms with Gasteiger partial charge in [-0.15, -0.1) is 11.3 Å². The van der Waals surface area contributed by atoms with Crippen molar-refractivity contribution in [1.82, 2.24) is 9.55 Å². The van der Waals surface area contributed by atoms with Gasteiger partial charge in [-0.3, -0.25) is 14.2 Å². The molecule has 2 aromatic heterocycles. The molecular weight excluding hydrogens is 344 g/mol. The summed E-state index contributed by atoms with van der Waals surface area (Å²) in [6.07, 6.45) is 6.36. The van der Waals surface area contributed by atoms with Crippen molar-refractivity contribution in [3.63, 3.8) is 0 Å². The van der Waals surface area contributed by atoms with Crippen LogP contribution in [0.2, 0.25) is 0 Å². The van der Waals surface area contributed by atoms with Gasteiger partial charge < -0.3 is 9.47 Å². The number of hydrogen-bond acceptors (Lipinski definition) is 7. The van der Waals surface area contributed by atoms with Crippen molar-refractivity contribution < 1.29 is 19.1 Å². The van der Waals surface area contributed by atoms with Gasteiger partial charge in [0.25, 0.3) is 5.56 Å². The second kappa shape index (κ2) is 7.35. The maximum absolute atomic E-state index is 12.6. The molecule has 0 spiro atoms. The van der Waals surface area contributed by atoms with E-state index < -0.39 is 11.9 Å². The Morgan fingerprint density at radius 2 is 2.04 bits per heavy atom. The zero-order valence-electron chi connectivity index (χ0n) is 14.2. The fourth-order valence-electron chi connectivity index (χ4n) is 3.06. The van der Waals surface area contributed by atoms with Gasteiger partial charge in [0.2, 0.25) is 0 Å². The van der Waals surface area contributed by atoms with E-state index in [-0.39, 0.29) is 18.2 Å². The summed E-state index contributed by atoms with van der Waals surface area (Å²) in [5.41, 5.74) is 0.193. The maximum Gasteiger partial charge on any atom is 0.348 e. The lowest BCUT2D eigenvalue weighted by Gasteiger charge is -2.21. The van der Waals surface area contributed by atoms with Gasteiger partial charge in [0.15, 0.2) is 0 Å². The van der Waals surface area contributed by atoms with Crippen LogP contribution in [0.5, 0.6) is 0 Å². The van der Waals surface area contributed by atoms with Crippen molar-refractivity contribution >= 4 is 33.5 Å². The van der Waals surface area contributed by atoms with Crippen LogP contribution in [-0.4, -0.2) is 34.7 Å². The Morgan fingerprint density at radius 1 is 1.32 bits per heavy atom. The lowest BCUT2D eigenvalue weighted by molar-refractivity contribution is -0.141. The molecule has 25 heavy (non-hydrogen) atoms. The number of hydrogen-bond donors (Lipinski definition) is 0. The summed E-state index contributed by atoms with van der Waals surface area (Å²) in [4.78, 5) is 41.6. The molecular formula is C17H20N2O5S. The molecule has 0 N–H and O–H groups in total. The van der Waals surface area contributed by atoms with E-state index in [1.165, 1.54) is 24.4 Å². The first-order valence-electron chi connectivity index (χ1n) is 8.27. The molecule has 0 radical (unpaired) electrons. The highest BCUT2D eigenvalue weighted by Crippen LogP contribution is 2.29. The van der Waals surface area contributed by atoms with Crippen molar-refractivity contribution in [2.45, 2.75) is 51.7 Å². The summed E-state index contributed by atoms with van der Waals surface area (Å²) in [6.45, 7) is 1.50. The Hall–Kier alpha value is -2.22. The quantitative estimate of drug-likeness (QED) is 0.775. The van der Waals surface area contributed by atoms with Gasteiger partial charge in [-0.2, -0.15) is 0 Å². The van der Waals surface area contributed by atoms with Crippen LogP contribution in [-0.2, 0) is 20.8 Å². The largest absolute Gasteiger partial charge is 0.468 e. The standard InChI is InChI=1S/C17H20N2O5S/c1-10-13-15(18-9-19(16(13)21)8-12(20)23-2)25-14(10)17(22)24-11-6-4-3-5-7-11/h9,11H,3-8H2,1-2H3. The number of carbonyl (C=O) groups excluding carboxylic acids is 2. The van der Waals surface area contributed by atoms with Crippen LogP contribution in [0.4, 0.5) is 0 Å². The minimum atomic E-state index is -0.534. The third-order valence-corrected chi connectivity index (χ3v) is 5.64. The van der Waals surface area contributed by atoms with Crippen molar-refractivity contribution in [2.24, 2.45) is 0 Å². The summed E-state index contributed by atoms with van der Waals surface area (Å²) in [5.74, 6) is -0.931. The molecule has 1 aliphatic carbocycles. The van der Waals surface area contributed by atoms with Crippen molar-refractivity contribution in [2.75, 3.05) is 7.11 Å². The van der Waals surface area contributed by atoms with Crippen LogP contribution in [0, 0.1) is 6.92 Å². The molecule has 0 aliphatic heterocycles. The molecule has 3 rings (SSSR count). The lowest BCUT2D eigenvalue weighted by Crippen LogP contribution is -2.25. The van der Waals surface area contributed by atoms with Gasteiger partial charge in [-0.1, -0.05) is 6.42 Å². The fourth-order valence-corrected chi connectivity index (χ4v) is 4.08.